The molecule has 0 radical (unpaired) electrons. The van der Waals surface area contributed by atoms with Crippen LogP contribution in [0.3, 0.4) is 0 Å². The summed E-state index contributed by atoms with van der Waals surface area (Å²) in [4.78, 5) is -0.107. The van der Waals surface area contributed by atoms with Gasteiger partial charge in [-0.2, -0.15) is 4.31 Å². The Morgan fingerprint density at radius 2 is 1.74 bits per heavy atom. The van der Waals surface area contributed by atoms with Crippen molar-refractivity contribution in [2.75, 3.05) is 13.1 Å². The standard InChI is InChI=1S/C10H11Cl3N2O2S.ClH/c11-6-3-8(12)10(9(13)4-6)18(16,17)15-2-1-7(14)5-15;/h3-4,7H,1-2,5,14H2;1H. The number of hydrogen-bond donors (Lipinski definition) is 1. The fourth-order valence-corrected chi connectivity index (χ4v) is 4.88. The van der Waals surface area contributed by atoms with Gasteiger partial charge in [-0.05, 0) is 18.6 Å². The van der Waals surface area contributed by atoms with Crippen LogP contribution in [0, 0.1) is 0 Å². The lowest BCUT2D eigenvalue weighted by Crippen LogP contribution is -2.32. The summed E-state index contributed by atoms with van der Waals surface area (Å²) in [6, 6.07) is 2.57. The summed E-state index contributed by atoms with van der Waals surface area (Å²) < 4.78 is 26.1. The highest BCUT2D eigenvalue weighted by molar-refractivity contribution is 7.89. The van der Waals surface area contributed by atoms with Crippen LogP contribution in [0.4, 0.5) is 0 Å². The summed E-state index contributed by atoms with van der Waals surface area (Å²) in [6.07, 6.45) is 0.627. The maximum Gasteiger partial charge on any atom is 0.246 e. The quantitative estimate of drug-likeness (QED) is 0.876. The molecule has 0 aromatic heterocycles. The predicted octanol–water partition coefficient (Wildman–Crippen LogP) is 2.79. The zero-order valence-electron chi connectivity index (χ0n) is 9.64. The first-order valence-corrected chi connectivity index (χ1v) is 7.80. The Bertz CT molecular complexity index is 556. The fraction of sp³-hybridized carbons (Fsp3) is 0.400. The van der Waals surface area contributed by atoms with E-state index in [1.165, 1.54) is 16.4 Å². The van der Waals surface area contributed by atoms with Crippen molar-refractivity contribution in [3.05, 3.63) is 27.2 Å². The van der Waals surface area contributed by atoms with Crippen LogP contribution in [0.2, 0.25) is 15.1 Å². The van der Waals surface area contributed by atoms with Crippen molar-refractivity contribution in [2.24, 2.45) is 5.73 Å². The highest BCUT2D eigenvalue weighted by atomic mass is 35.5. The molecule has 0 amide bonds. The van der Waals surface area contributed by atoms with Crippen LogP contribution in [-0.2, 0) is 10.0 Å². The number of rotatable bonds is 2. The second-order valence-electron chi connectivity index (χ2n) is 4.11. The average Bonchev–Trinajstić information content (AvgIpc) is 2.63. The van der Waals surface area contributed by atoms with Gasteiger partial charge in [0.05, 0.1) is 10.0 Å². The molecular formula is C10H12Cl4N2O2S. The lowest BCUT2D eigenvalue weighted by molar-refractivity contribution is 0.472. The van der Waals surface area contributed by atoms with Crippen molar-refractivity contribution in [2.45, 2.75) is 17.4 Å². The molecule has 19 heavy (non-hydrogen) atoms. The molecule has 1 aromatic carbocycles. The smallest absolute Gasteiger partial charge is 0.246 e. The van der Waals surface area contributed by atoms with Gasteiger partial charge in [-0.15, -0.1) is 12.4 Å². The summed E-state index contributed by atoms with van der Waals surface area (Å²) in [5.41, 5.74) is 5.71. The molecular weight excluding hydrogens is 354 g/mol. The first kappa shape index (κ1) is 17.3. The van der Waals surface area contributed by atoms with Gasteiger partial charge in [0.15, 0.2) is 0 Å². The Kier molecular flexibility index (Phi) is 5.78. The van der Waals surface area contributed by atoms with Crippen molar-refractivity contribution in [3.63, 3.8) is 0 Å². The number of hydrogen-bond acceptors (Lipinski definition) is 3. The molecule has 1 heterocycles. The third kappa shape index (κ3) is 3.47. The molecule has 4 nitrogen and oxygen atoms in total. The first-order valence-electron chi connectivity index (χ1n) is 5.22. The largest absolute Gasteiger partial charge is 0.326 e. The van der Waals surface area contributed by atoms with E-state index in [1.807, 2.05) is 0 Å². The van der Waals surface area contributed by atoms with E-state index in [0.717, 1.165) is 0 Å². The molecule has 1 saturated heterocycles. The molecule has 1 aliphatic heterocycles. The van der Waals surface area contributed by atoms with E-state index in [4.69, 9.17) is 40.5 Å². The maximum atomic E-state index is 12.4. The van der Waals surface area contributed by atoms with E-state index >= 15 is 0 Å². The average molecular weight is 366 g/mol. The Morgan fingerprint density at radius 1 is 1.21 bits per heavy atom. The maximum absolute atomic E-state index is 12.4. The zero-order valence-corrected chi connectivity index (χ0v) is 13.5. The van der Waals surface area contributed by atoms with Crippen LogP contribution in [0.15, 0.2) is 17.0 Å². The van der Waals surface area contributed by atoms with Gasteiger partial charge >= 0.3 is 0 Å². The van der Waals surface area contributed by atoms with Gasteiger partial charge in [-0.25, -0.2) is 8.42 Å². The molecule has 2 N–H and O–H groups in total. The molecule has 2 rings (SSSR count). The van der Waals surface area contributed by atoms with Crippen molar-refractivity contribution in [3.8, 4) is 0 Å². The zero-order chi connectivity index (χ0) is 13.5. The minimum Gasteiger partial charge on any atom is -0.326 e. The van der Waals surface area contributed by atoms with Gasteiger partial charge in [0.2, 0.25) is 10.0 Å². The number of benzene rings is 1. The van der Waals surface area contributed by atoms with Crippen molar-refractivity contribution >= 4 is 57.2 Å². The topological polar surface area (TPSA) is 63.4 Å². The third-order valence-electron chi connectivity index (χ3n) is 2.75. The van der Waals surface area contributed by atoms with E-state index in [0.29, 0.717) is 18.0 Å². The van der Waals surface area contributed by atoms with Crippen LogP contribution in [0.25, 0.3) is 0 Å². The molecule has 0 bridgehead atoms. The highest BCUT2D eigenvalue weighted by Crippen LogP contribution is 2.35. The van der Waals surface area contributed by atoms with E-state index in [2.05, 4.69) is 0 Å². The first-order chi connectivity index (χ1) is 8.32. The molecule has 1 fully saturated rings. The number of halogens is 4. The van der Waals surface area contributed by atoms with Crippen LogP contribution in [-0.4, -0.2) is 31.9 Å². The Labute approximate surface area is 133 Å². The summed E-state index contributed by atoms with van der Waals surface area (Å²) in [5, 5.41) is 0.336. The molecule has 1 aromatic rings. The highest BCUT2D eigenvalue weighted by Gasteiger charge is 2.34. The van der Waals surface area contributed by atoms with Gasteiger partial charge in [-0.1, -0.05) is 34.8 Å². The second-order valence-corrected chi connectivity index (χ2v) is 7.24. The molecule has 1 atom stereocenters. The summed E-state index contributed by atoms with van der Waals surface area (Å²) in [7, 11) is -3.72. The Morgan fingerprint density at radius 3 is 2.16 bits per heavy atom. The predicted molar refractivity (Wildman–Crippen MR) is 80.1 cm³/mol. The molecule has 0 aliphatic carbocycles. The number of nitrogens with two attached hydrogens (primary N) is 1. The molecule has 9 heteroatoms. The lowest BCUT2D eigenvalue weighted by atomic mass is 10.3. The van der Waals surface area contributed by atoms with Crippen LogP contribution in [0.1, 0.15) is 6.42 Å². The van der Waals surface area contributed by atoms with Gasteiger partial charge in [-0.3, -0.25) is 0 Å². The van der Waals surface area contributed by atoms with Gasteiger partial charge in [0.25, 0.3) is 0 Å². The molecule has 108 valence electrons. The summed E-state index contributed by atoms with van der Waals surface area (Å²) in [5.74, 6) is 0. The van der Waals surface area contributed by atoms with Crippen LogP contribution >= 0.6 is 47.2 Å². The lowest BCUT2D eigenvalue weighted by Gasteiger charge is -2.18. The number of nitrogens with zero attached hydrogens (tertiary/aromatic N) is 1. The molecule has 0 spiro atoms. The molecule has 1 unspecified atom stereocenters. The fourth-order valence-electron chi connectivity index (χ4n) is 1.88. The Hall–Kier alpha value is 0.250. The second kappa shape index (κ2) is 6.35. The molecule has 1 aliphatic rings. The van der Waals surface area contributed by atoms with E-state index < -0.39 is 10.0 Å². The van der Waals surface area contributed by atoms with Crippen molar-refractivity contribution in [1.82, 2.24) is 4.31 Å². The normalized spacial score (nSPS) is 20.3. The van der Waals surface area contributed by atoms with Crippen LogP contribution in [0.5, 0.6) is 0 Å². The summed E-state index contributed by atoms with van der Waals surface area (Å²) in [6.45, 7) is 0.649. The van der Waals surface area contributed by atoms with Gasteiger partial charge in [0.1, 0.15) is 4.90 Å². The third-order valence-corrected chi connectivity index (χ3v) is 5.75. The van der Waals surface area contributed by atoms with E-state index in [1.54, 1.807) is 0 Å². The van der Waals surface area contributed by atoms with Gasteiger partial charge in [0, 0.05) is 24.2 Å². The summed E-state index contributed by atoms with van der Waals surface area (Å²) >= 11 is 17.6. The minimum absolute atomic E-state index is 0. The van der Waals surface area contributed by atoms with E-state index in [-0.39, 0.29) is 39.9 Å². The van der Waals surface area contributed by atoms with Crippen LogP contribution < -0.4 is 5.73 Å². The van der Waals surface area contributed by atoms with E-state index in [9.17, 15) is 8.42 Å². The van der Waals surface area contributed by atoms with Crippen molar-refractivity contribution < 1.29 is 8.42 Å². The Balaban J connectivity index is 0.00000180. The van der Waals surface area contributed by atoms with Gasteiger partial charge < -0.3 is 5.73 Å². The molecule has 0 saturated carbocycles. The minimum atomic E-state index is -3.72. The van der Waals surface area contributed by atoms with Crippen molar-refractivity contribution in [1.29, 1.82) is 0 Å². The monoisotopic (exact) mass is 364 g/mol. The SMILES string of the molecule is Cl.NC1CCN(S(=O)(=O)c2c(Cl)cc(Cl)cc2Cl)C1. The number of sulfonamides is 1.